The SMILES string of the molecule is COc1ccc(NC(C)(C)C(=O)NCC2CCCN(C)C2)cc1. The van der Waals surface area contributed by atoms with Crippen molar-refractivity contribution in [1.29, 1.82) is 0 Å². The van der Waals surface area contributed by atoms with Crippen molar-refractivity contribution in [2.45, 2.75) is 32.2 Å². The van der Waals surface area contributed by atoms with Crippen molar-refractivity contribution in [2.75, 3.05) is 39.1 Å². The molecule has 1 aliphatic heterocycles. The Morgan fingerprint density at radius 2 is 2.04 bits per heavy atom. The van der Waals surface area contributed by atoms with Crippen LogP contribution in [0.1, 0.15) is 26.7 Å². The standard InChI is InChI=1S/C18H29N3O2/c1-18(2,20-15-7-9-16(23-4)10-8-15)17(22)19-12-14-6-5-11-21(3)13-14/h7-10,14,20H,5-6,11-13H2,1-4H3,(H,19,22). The van der Waals surface area contributed by atoms with E-state index in [1.807, 2.05) is 38.1 Å². The molecule has 128 valence electrons. The molecular formula is C18H29N3O2. The minimum Gasteiger partial charge on any atom is -0.497 e. The first kappa shape index (κ1) is 17.6. The van der Waals surface area contributed by atoms with E-state index >= 15 is 0 Å². The molecular weight excluding hydrogens is 290 g/mol. The highest BCUT2D eigenvalue weighted by Gasteiger charge is 2.28. The fourth-order valence-corrected chi connectivity index (χ4v) is 2.99. The van der Waals surface area contributed by atoms with Crippen LogP contribution in [-0.2, 0) is 4.79 Å². The van der Waals surface area contributed by atoms with Gasteiger partial charge >= 0.3 is 0 Å². The van der Waals surface area contributed by atoms with Gasteiger partial charge in [-0.15, -0.1) is 0 Å². The van der Waals surface area contributed by atoms with Crippen molar-refractivity contribution < 1.29 is 9.53 Å². The molecule has 1 aromatic carbocycles. The number of benzene rings is 1. The van der Waals surface area contributed by atoms with Gasteiger partial charge in [0.05, 0.1) is 7.11 Å². The first-order valence-electron chi connectivity index (χ1n) is 8.30. The molecule has 0 aliphatic carbocycles. The van der Waals surface area contributed by atoms with Gasteiger partial charge in [-0.1, -0.05) is 0 Å². The van der Waals surface area contributed by atoms with Crippen LogP contribution >= 0.6 is 0 Å². The summed E-state index contributed by atoms with van der Waals surface area (Å²) in [6, 6.07) is 7.61. The lowest BCUT2D eigenvalue weighted by atomic mass is 9.97. The molecule has 0 radical (unpaired) electrons. The zero-order valence-corrected chi connectivity index (χ0v) is 14.7. The van der Waals surface area contributed by atoms with E-state index in [-0.39, 0.29) is 5.91 Å². The van der Waals surface area contributed by atoms with E-state index in [1.54, 1.807) is 7.11 Å². The Kier molecular flexibility index (Phi) is 5.88. The average molecular weight is 319 g/mol. The molecule has 5 nitrogen and oxygen atoms in total. The third-order valence-electron chi connectivity index (χ3n) is 4.39. The Morgan fingerprint density at radius 3 is 2.65 bits per heavy atom. The highest BCUT2D eigenvalue weighted by atomic mass is 16.5. The summed E-state index contributed by atoms with van der Waals surface area (Å²) in [7, 11) is 3.78. The van der Waals surface area contributed by atoms with Gasteiger partial charge in [0.1, 0.15) is 11.3 Å². The number of likely N-dealkylation sites (tertiary alicyclic amines) is 1. The number of carbonyl (C=O) groups is 1. The summed E-state index contributed by atoms with van der Waals surface area (Å²) in [5.74, 6) is 1.38. The number of nitrogens with zero attached hydrogens (tertiary/aromatic N) is 1. The van der Waals surface area contributed by atoms with Gasteiger partial charge in [-0.3, -0.25) is 4.79 Å². The minimum absolute atomic E-state index is 0.0292. The van der Waals surface area contributed by atoms with E-state index in [0.29, 0.717) is 5.92 Å². The highest BCUT2D eigenvalue weighted by molar-refractivity contribution is 5.88. The minimum atomic E-state index is -0.658. The Bertz CT molecular complexity index is 514. The molecule has 2 rings (SSSR count). The summed E-state index contributed by atoms with van der Waals surface area (Å²) < 4.78 is 5.15. The van der Waals surface area contributed by atoms with Crippen molar-refractivity contribution in [1.82, 2.24) is 10.2 Å². The summed E-state index contributed by atoms with van der Waals surface area (Å²) in [4.78, 5) is 14.8. The van der Waals surface area contributed by atoms with Crippen molar-refractivity contribution >= 4 is 11.6 Å². The lowest BCUT2D eigenvalue weighted by Crippen LogP contribution is -2.50. The number of anilines is 1. The van der Waals surface area contributed by atoms with Crippen molar-refractivity contribution in [3.63, 3.8) is 0 Å². The van der Waals surface area contributed by atoms with Crippen molar-refractivity contribution in [3.8, 4) is 5.75 Å². The second-order valence-electron chi connectivity index (χ2n) is 6.96. The fourth-order valence-electron chi connectivity index (χ4n) is 2.99. The van der Waals surface area contributed by atoms with Gasteiger partial charge < -0.3 is 20.3 Å². The number of carbonyl (C=O) groups excluding carboxylic acids is 1. The molecule has 0 spiro atoms. The predicted octanol–water partition coefficient (Wildman–Crippen LogP) is 2.34. The molecule has 1 heterocycles. The normalized spacial score (nSPS) is 19.2. The zero-order chi connectivity index (χ0) is 16.9. The van der Waals surface area contributed by atoms with Gasteiger partial charge in [-0.05, 0) is 70.5 Å². The maximum Gasteiger partial charge on any atom is 0.245 e. The number of ether oxygens (including phenoxy) is 1. The Hall–Kier alpha value is -1.75. The van der Waals surface area contributed by atoms with E-state index in [1.165, 1.54) is 12.8 Å². The van der Waals surface area contributed by atoms with Gasteiger partial charge in [-0.25, -0.2) is 0 Å². The third-order valence-corrected chi connectivity index (χ3v) is 4.39. The number of rotatable bonds is 6. The maximum absolute atomic E-state index is 12.5. The van der Waals surface area contributed by atoms with Crippen LogP contribution in [0.2, 0.25) is 0 Å². The summed E-state index contributed by atoms with van der Waals surface area (Å²) in [6.45, 7) is 6.78. The first-order chi connectivity index (χ1) is 10.9. The largest absolute Gasteiger partial charge is 0.497 e. The molecule has 0 bridgehead atoms. The Balaban J connectivity index is 1.85. The van der Waals surface area contributed by atoms with Crippen LogP contribution in [-0.4, -0.2) is 50.1 Å². The highest BCUT2D eigenvalue weighted by Crippen LogP contribution is 2.20. The van der Waals surface area contributed by atoms with Crippen molar-refractivity contribution in [3.05, 3.63) is 24.3 Å². The smallest absolute Gasteiger partial charge is 0.245 e. The van der Waals surface area contributed by atoms with Gasteiger partial charge in [0.15, 0.2) is 0 Å². The molecule has 5 heteroatoms. The van der Waals surface area contributed by atoms with Crippen LogP contribution in [0.15, 0.2) is 24.3 Å². The Labute approximate surface area is 139 Å². The average Bonchev–Trinajstić information content (AvgIpc) is 2.53. The van der Waals surface area contributed by atoms with Crippen LogP contribution in [0.3, 0.4) is 0 Å². The summed E-state index contributed by atoms with van der Waals surface area (Å²) >= 11 is 0. The molecule has 0 aromatic heterocycles. The monoisotopic (exact) mass is 319 g/mol. The van der Waals surface area contributed by atoms with Gasteiger partial charge in [-0.2, -0.15) is 0 Å². The second-order valence-corrected chi connectivity index (χ2v) is 6.96. The molecule has 1 atom stereocenters. The number of hydrogen-bond donors (Lipinski definition) is 2. The molecule has 0 saturated carbocycles. The number of nitrogens with one attached hydrogen (secondary N) is 2. The zero-order valence-electron chi connectivity index (χ0n) is 14.7. The summed E-state index contributed by atoms with van der Waals surface area (Å²) in [5.41, 5.74) is 0.248. The van der Waals surface area contributed by atoms with Crippen LogP contribution in [0.5, 0.6) is 5.75 Å². The van der Waals surface area contributed by atoms with Crippen molar-refractivity contribution in [2.24, 2.45) is 5.92 Å². The molecule has 23 heavy (non-hydrogen) atoms. The van der Waals surface area contributed by atoms with Crippen LogP contribution in [0.4, 0.5) is 5.69 Å². The number of hydrogen-bond acceptors (Lipinski definition) is 4. The molecule has 1 saturated heterocycles. The Morgan fingerprint density at radius 1 is 1.35 bits per heavy atom. The van der Waals surface area contributed by atoms with E-state index < -0.39 is 5.54 Å². The summed E-state index contributed by atoms with van der Waals surface area (Å²) in [5, 5.41) is 6.39. The topological polar surface area (TPSA) is 53.6 Å². The number of amides is 1. The predicted molar refractivity (Wildman–Crippen MR) is 93.9 cm³/mol. The van der Waals surface area contributed by atoms with Crippen LogP contribution in [0.25, 0.3) is 0 Å². The summed E-state index contributed by atoms with van der Waals surface area (Å²) in [6.07, 6.45) is 2.40. The fraction of sp³-hybridized carbons (Fsp3) is 0.611. The lowest BCUT2D eigenvalue weighted by molar-refractivity contribution is -0.124. The van der Waals surface area contributed by atoms with E-state index in [2.05, 4.69) is 22.6 Å². The molecule has 1 fully saturated rings. The van der Waals surface area contributed by atoms with Crippen LogP contribution in [0, 0.1) is 5.92 Å². The molecule has 1 aromatic rings. The quantitative estimate of drug-likeness (QED) is 0.845. The van der Waals surface area contributed by atoms with Crippen LogP contribution < -0.4 is 15.4 Å². The molecule has 2 N–H and O–H groups in total. The second kappa shape index (κ2) is 7.68. The van der Waals surface area contributed by atoms with Gasteiger partial charge in [0.25, 0.3) is 0 Å². The number of piperidine rings is 1. The van der Waals surface area contributed by atoms with E-state index in [4.69, 9.17) is 4.74 Å². The van der Waals surface area contributed by atoms with E-state index in [9.17, 15) is 4.79 Å². The third kappa shape index (κ3) is 5.13. The van der Waals surface area contributed by atoms with Gasteiger partial charge in [0, 0.05) is 18.8 Å². The number of methoxy groups -OCH3 is 1. The van der Waals surface area contributed by atoms with E-state index in [0.717, 1.165) is 31.1 Å². The van der Waals surface area contributed by atoms with Gasteiger partial charge in [0.2, 0.25) is 5.91 Å². The molecule has 1 amide bonds. The molecule has 1 unspecified atom stereocenters. The first-order valence-corrected chi connectivity index (χ1v) is 8.30. The maximum atomic E-state index is 12.5. The lowest BCUT2D eigenvalue weighted by Gasteiger charge is -2.31. The molecule has 1 aliphatic rings.